The molecule has 3 nitrogen and oxygen atoms in total. The van der Waals surface area contributed by atoms with Gasteiger partial charge in [-0.1, -0.05) is 0 Å². The van der Waals surface area contributed by atoms with E-state index in [1.54, 1.807) is 4.90 Å². The Balaban J connectivity index is 2.44. The predicted molar refractivity (Wildman–Crippen MR) is 35.1 cm³/mol. The lowest BCUT2D eigenvalue weighted by molar-refractivity contribution is -0.133. The van der Waals surface area contributed by atoms with E-state index in [1.165, 1.54) is 0 Å². The van der Waals surface area contributed by atoms with E-state index in [9.17, 15) is 4.79 Å². The van der Waals surface area contributed by atoms with Gasteiger partial charge in [-0.3, -0.25) is 9.69 Å². The third kappa shape index (κ3) is 1.42. The van der Waals surface area contributed by atoms with Gasteiger partial charge in [0.1, 0.15) is 0 Å². The maximum absolute atomic E-state index is 10.9. The first-order valence-electron chi connectivity index (χ1n) is 3.12. The van der Waals surface area contributed by atoms with Crippen LogP contribution in [0.4, 0.5) is 0 Å². The van der Waals surface area contributed by atoms with Gasteiger partial charge in [0.15, 0.2) is 0 Å². The number of rotatable bonds is 0. The van der Waals surface area contributed by atoms with Crippen molar-refractivity contribution in [3.8, 4) is 0 Å². The molecule has 1 fully saturated rings. The first-order valence-corrected chi connectivity index (χ1v) is 3.12. The summed E-state index contributed by atoms with van der Waals surface area (Å²) < 4.78 is 0. The van der Waals surface area contributed by atoms with Crippen LogP contribution in [0.2, 0.25) is 0 Å². The number of hydrogen-bond donors (Lipinski definition) is 0. The van der Waals surface area contributed by atoms with Crippen molar-refractivity contribution in [1.82, 2.24) is 9.80 Å². The second kappa shape index (κ2) is 2.35. The van der Waals surface area contributed by atoms with Crippen LogP contribution in [0.1, 0.15) is 0 Å². The number of carbonyl (C=O) groups excluding carboxylic acids is 1. The summed E-state index contributed by atoms with van der Waals surface area (Å²) in [5.74, 6) is 0.226. The molecule has 0 aliphatic carbocycles. The largest absolute Gasteiger partial charge is 0.343 e. The zero-order valence-corrected chi connectivity index (χ0v) is 5.92. The topological polar surface area (TPSA) is 23.6 Å². The maximum atomic E-state index is 10.9. The van der Waals surface area contributed by atoms with Gasteiger partial charge in [0.05, 0.1) is 6.54 Å². The Morgan fingerprint density at radius 3 is 2.44 bits per heavy atom. The van der Waals surface area contributed by atoms with Crippen molar-refractivity contribution in [1.29, 1.82) is 0 Å². The van der Waals surface area contributed by atoms with E-state index < -0.39 is 0 Å². The van der Waals surface area contributed by atoms with Crippen LogP contribution in [0.25, 0.3) is 0 Å². The second-order valence-electron chi connectivity index (χ2n) is 2.55. The Bertz CT molecular complexity index is 124. The minimum Gasteiger partial charge on any atom is -0.343 e. The van der Waals surface area contributed by atoms with E-state index in [-0.39, 0.29) is 5.91 Å². The van der Waals surface area contributed by atoms with Gasteiger partial charge in [0, 0.05) is 20.1 Å². The van der Waals surface area contributed by atoms with Gasteiger partial charge in [0.25, 0.3) is 0 Å². The molecule has 0 unspecified atom stereocenters. The molecule has 0 aromatic heterocycles. The average molecular weight is 128 g/mol. The molecule has 1 heterocycles. The molecule has 1 saturated heterocycles. The van der Waals surface area contributed by atoms with E-state index >= 15 is 0 Å². The summed E-state index contributed by atoms with van der Waals surface area (Å²) in [4.78, 5) is 14.7. The van der Waals surface area contributed by atoms with E-state index in [0.717, 1.165) is 13.1 Å². The lowest BCUT2D eigenvalue weighted by Crippen LogP contribution is -2.46. The van der Waals surface area contributed by atoms with Gasteiger partial charge in [-0.2, -0.15) is 0 Å². The highest BCUT2D eigenvalue weighted by molar-refractivity contribution is 5.78. The molecule has 1 amide bonds. The highest BCUT2D eigenvalue weighted by atomic mass is 16.2. The van der Waals surface area contributed by atoms with Gasteiger partial charge in [-0.05, 0) is 7.05 Å². The number of nitrogens with zero attached hydrogens (tertiary/aromatic N) is 2. The van der Waals surface area contributed by atoms with Crippen molar-refractivity contribution in [2.75, 3.05) is 33.7 Å². The zero-order valence-electron chi connectivity index (χ0n) is 5.92. The SMILES string of the molecule is CN1CCN(C)C(=O)C1. The van der Waals surface area contributed by atoms with E-state index in [2.05, 4.69) is 0 Å². The molecular formula is C6H12N2O. The fourth-order valence-electron chi connectivity index (χ4n) is 0.876. The molecule has 0 bridgehead atoms. The van der Waals surface area contributed by atoms with E-state index in [4.69, 9.17) is 0 Å². The van der Waals surface area contributed by atoms with Crippen LogP contribution < -0.4 is 0 Å². The van der Waals surface area contributed by atoms with Crippen LogP contribution in [0.5, 0.6) is 0 Å². The molecule has 52 valence electrons. The molecule has 0 atom stereocenters. The standard InChI is InChI=1S/C6H12N2O/c1-7-3-4-8(2)6(9)5-7/h3-5H2,1-2H3. The van der Waals surface area contributed by atoms with Crippen molar-refractivity contribution in [3.05, 3.63) is 0 Å². The third-order valence-corrected chi connectivity index (χ3v) is 1.65. The molecule has 0 radical (unpaired) electrons. The van der Waals surface area contributed by atoms with Gasteiger partial charge in [-0.25, -0.2) is 0 Å². The Morgan fingerprint density at radius 1 is 1.33 bits per heavy atom. The highest BCUT2D eigenvalue weighted by Crippen LogP contribution is 1.95. The van der Waals surface area contributed by atoms with Crippen LogP contribution >= 0.6 is 0 Å². The lowest BCUT2D eigenvalue weighted by atomic mass is 10.3. The van der Waals surface area contributed by atoms with Gasteiger partial charge in [-0.15, -0.1) is 0 Å². The van der Waals surface area contributed by atoms with Crippen molar-refractivity contribution < 1.29 is 4.79 Å². The van der Waals surface area contributed by atoms with E-state index in [1.807, 2.05) is 19.0 Å². The summed E-state index contributed by atoms with van der Waals surface area (Å²) >= 11 is 0. The monoisotopic (exact) mass is 128 g/mol. The van der Waals surface area contributed by atoms with Crippen LogP contribution in [0.15, 0.2) is 0 Å². The predicted octanol–water partition coefficient (Wildman–Crippen LogP) is -0.610. The molecule has 1 aliphatic rings. The molecule has 0 aromatic rings. The summed E-state index contributed by atoms with van der Waals surface area (Å²) in [5.41, 5.74) is 0. The fraction of sp³-hybridized carbons (Fsp3) is 0.833. The summed E-state index contributed by atoms with van der Waals surface area (Å²) in [5, 5.41) is 0. The zero-order chi connectivity index (χ0) is 6.85. The number of amides is 1. The Labute approximate surface area is 55.2 Å². The minimum absolute atomic E-state index is 0.226. The number of hydrogen-bond acceptors (Lipinski definition) is 2. The molecule has 1 rings (SSSR count). The first-order chi connectivity index (χ1) is 4.20. The van der Waals surface area contributed by atoms with Gasteiger partial charge >= 0.3 is 0 Å². The minimum atomic E-state index is 0.226. The van der Waals surface area contributed by atoms with Crippen LogP contribution in [0, 0.1) is 0 Å². The quantitative estimate of drug-likeness (QED) is 0.434. The van der Waals surface area contributed by atoms with Crippen LogP contribution in [0.3, 0.4) is 0 Å². The summed E-state index contributed by atoms with van der Waals surface area (Å²) in [6, 6.07) is 0. The molecule has 9 heavy (non-hydrogen) atoms. The maximum Gasteiger partial charge on any atom is 0.236 e. The average Bonchev–Trinajstić information content (AvgIpc) is 1.80. The number of piperazine rings is 1. The second-order valence-corrected chi connectivity index (χ2v) is 2.55. The number of likely N-dealkylation sites (N-methyl/N-ethyl adjacent to an activating group) is 2. The first kappa shape index (κ1) is 6.55. The lowest BCUT2D eigenvalue weighted by Gasteiger charge is -2.28. The normalized spacial score (nSPS) is 22.9. The molecule has 0 spiro atoms. The summed E-state index contributed by atoms with van der Waals surface area (Å²) in [7, 11) is 3.81. The summed E-state index contributed by atoms with van der Waals surface area (Å²) in [6.45, 7) is 2.45. The molecule has 0 saturated carbocycles. The summed E-state index contributed by atoms with van der Waals surface area (Å²) in [6.07, 6.45) is 0. The Kier molecular flexibility index (Phi) is 1.71. The molecule has 3 heteroatoms. The van der Waals surface area contributed by atoms with Gasteiger partial charge < -0.3 is 4.90 Å². The highest BCUT2D eigenvalue weighted by Gasteiger charge is 2.16. The fourth-order valence-corrected chi connectivity index (χ4v) is 0.876. The van der Waals surface area contributed by atoms with Crippen molar-refractivity contribution in [2.24, 2.45) is 0 Å². The smallest absolute Gasteiger partial charge is 0.236 e. The van der Waals surface area contributed by atoms with E-state index in [0.29, 0.717) is 6.54 Å². The molecule has 0 N–H and O–H groups in total. The van der Waals surface area contributed by atoms with Crippen molar-refractivity contribution in [2.45, 2.75) is 0 Å². The van der Waals surface area contributed by atoms with Crippen LogP contribution in [-0.2, 0) is 4.79 Å². The third-order valence-electron chi connectivity index (χ3n) is 1.65. The van der Waals surface area contributed by atoms with Gasteiger partial charge in [0.2, 0.25) is 5.91 Å². The molecule has 1 aliphatic heterocycles. The van der Waals surface area contributed by atoms with Crippen LogP contribution in [-0.4, -0.2) is 49.4 Å². The Hall–Kier alpha value is -0.570. The number of carbonyl (C=O) groups is 1. The molecular weight excluding hydrogens is 116 g/mol. The van der Waals surface area contributed by atoms with Crippen molar-refractivity contribution in [3.63, 3.8) is 0 Å². The Morgan fingerprint density at radius 2 is 2.00 bits per heavy atom. The van der Waals surface area contributed by atoms with Crippen molar-refractivity contribution >= 4 is 5.91 Å². The molecule has 0 aromatic carbocycles.